The third kappa shape index (κ3) is 8.02. The molecule has 140 valence electrons. The van der Waals surface area contributed by atoms with Crippen LogP contribution in [0.4, 0.5) is 4.79 Å². The van der Waals surface area contributed by atoms with Crippen molar-refractivity contribution < 1.29 is 19.1 Å². The zero-order valence-electron chi connectivity index (χ0n) is 15.6. The van der Waals surface area contributed by atoms with Gasteiger partial charge in [0.05, 0.1) is 13.2 Å². The Morgan fingerprint density at radius 3 is 2.29 bits per heavy atom. The average molecular weight is 341 g/mol. The van der Waals surface area contributed by atoms with Gasteiger partial charge < -0.3 is 9.47 Å². The summed E-state index contributed by atoms with van der Waals surface area (Å²) in [7, 11) is 0. The molecule has 0 aliphatic carbocycles. The van der Waals surface area contributed by atoms with E-state index in [9.17, 15) is 9.59 Å². The third-order valence-corrected chi connectivity index (χ3v) is 4.48. The van der Waals surface area contributed by atoms with Crippen LogP contribution in [0, 0.1) is 0 Å². The van der Waals surface area contributed by atoms with Gasteiger partial charge >= 0.3 is 12.1 Å². The van der Waals surface area contributed by atoms with Gasteiger partial charge in [0.2, 0.25) is 0 Å². The first kappa shape index (κ1) is 20.8. The number of carbonyl (C=O) groups is 2. The van der Waals surface area contributed by atoms with Gasteiger partial charge in [0, 0.05) is 6.54 Å². The van der Waals surface area contributed by atoms with Gasteiger partial charge in [-0.15, -0.1) is 0 Å². The van der Waals surface area contributed by atoms with E-state index in [4.69, 9.17) is 9.47 Å². The Hall–Kier alpha value is -1.26. The molecule has 0 radical (unpaired) electrons. The van der Waals surface area contributed by atoms with Gasteiger partial charge in [0.1, 0.15) is 6.04 Å². The van der Waals surface area contributed by atoms with Crippen LogP contribution in [-0.4, -0.2) is 42.8 Å². The molecule has 1 amide bonds. The van der Waals surface area contributed by atoms with Gasteiger partial charge in [-0.3, -0.25) is 4.90 Å². The molecule has 1 atom stereocenters. The quantitative estimate of drug-likeness (QED) is 0.404. The molecule has 1 rings (SSSR count). The molecule has 1 saturated heterocycles. The van der Waals surface area contributed by atoms with Crippen LogP contribution < -0.4 is 0 Å². The maximum atomic E-state index is 12.3. The second-order valence-electron chi connectivity index (χ2n) is 6.61. The predicted molar refractivity (Wildman–Crippen MR) is 94.9 cm³/mol. The average Bonchev–Trinajstić information content (AvgIpc) is 2.61. The smallest absolute Gasteiger partial charge is 0.410 e. The fraction of sp³-hybridized carbons (Fsp3) is 0.895. The summed E-state index contributed by atoms with van der Waals surface area (Å²) >= 11 is 0. The van der Waals surface area contributed by atoms with Crippen LogP contribution in [0.15, 0.2) is 0 Å². The highest BCUT2D eigenvalue weighted by Gasteiger charge is 2.34. The van der Waals surface area contributed by atoms with Crippen molar-refractivity contribution in [2.45, 2.75) is 90.5 Å². The Balaban J connectivity index is 2.29. The molecule has 24 heavy (non-hydrogen) atoms. The molecule has 1 aliphatic heterocycles. The summed E-state index contributed by atoms with van der Waals surface area (Å²) in [5.74, 6) is -0.278. The number of ether oxygens (including phenoxy) is 2. The van der Waals surface area contributed by atoms with E-state index in [0.717, 1.165) is 38.5 Å². The number of piperidine rings is 1. The monoisotopic (exact) mass is 341 g/mol. The topological polar surface area (TPSA) is 55.8 Å². The molecule has 0 aromatic heterocycles. The lowest BCUT2D eigenvalue weighted by Crippen LogP contribution is -2.49. The Labute approximate surface area is 147 Å². The van der Waals surface area contributed by atoms with Crippen LogP contribution in [0.5, 0.6) is 0 Å². The molecule has 1 fully saturated rings. The largest absolute Gasteiger partial charge is 0.464 e. The number of amides is 1. The molecule has 0 spiro atoms. The number of nitrogens with zero attached hydrogens (tertiary/aromatic N) is 1. The van der Waals surface area contributed by atoms with Crippen molar-refractivity contribution in [2.24, 2.45) is 0 Å². The standard InChI is InChI=1S/C19H35NO4/c1-3-5-7-8-9-12-16-24-19(22)20-14-11-10-13-17(20)18(21)23-15-6-4-2/h17H,3-16H2,1-2H3. The third-order valence-electron chi connectivity index (χ3n) is 4.48. The highest BCUT2D eigenvalue weighted by Crippen LogP contribution is 2.19. The zero-order chi connectivity index (χ0) is 17.6. The van der Waals surface area contributed by atoms with E-state index in [1.54, 1.807) is 4.90 Å². The summed E-state index contributed by atoms with van der Waals surface area (Å²) < 4.78 is 10.7. The number of likely N-dealkylation sites (tertiary alicyclic amines) is 1. The molecule has 0 N–H and O–H groups in total. The molecule has 0 saturated carbocycles. The summed E-state index contributed by atoms with van der Waals surface area (Å²) in [6.07, 6.45) is 11.0. The fourth-order valence-electron chi connectivity index (χ4n) is 2.93. The van der Waals surface area contributed by atoms with E-state index < -0.39 is 6.04 Å². The lowest BCUT2D eigenvalue weighted by molar-refractivity contribution is -0.150. The number of unbranched alkanes of at least 4 members (excludes halogenated alkanes) is 6. The van der Waals surface area contributed by atoms with Crippen molar-refractivity contribution in [3.63, 3.8) is 0 Å². The lowest BCUT2D eigenvalue weighted by Gasteiger charge is -2.33. The highest BCUT2D eigenvalue weighted by molar-refractivity contribution is 5.81. The molecule has 5 heteroatoms. The Morgan fingerprint density at radius 2 is 1.54 bits per heavy atom. The second-order valence-corrected chi connectivity index (χ2v) is 6.61. The fourth-order valence-corrected chi connectivity index (χ4v) is 2.93. The Morgan fingerprint density at radius 1 is 0.875 bits per heavy atom. The van der Waals surface area contributed by atoms with E-state index in [-0.39, 0.29) is 12.1 Å². The summed E-state index contributed by atoms with van der Waals surface area (Å²) in [5, 5.41) is 0. The summed E-state index contributed by atoms with van der Waals surface area (Å²) in [6, 6.07) is -0.465. The molecule has 1 heterocycles. The van der Waals surface area contributed by atoms with Crippen molar-refractivity contribution in [1.82, 2.24) is 4.90 Å². The molecular weight excluding hydrogens is 306 g/mol. The van der Waals surface area contributed by atoms with Crippen LogP contribution in [0.3, 0.4) is 0 Å². The van der Waals surface area contributed by atoms with Crippen molar-refractivity contribution in [3.8, 4) is 0 Å². The minimum atomic E-state index is -0.465. The van der Waals surface area contributed by atoms with Crippen molar-refractivity contribution in [3.05, 3.63) is 0 Å². The first-order valence-electron chi connectivity index (χ1n) is 9.80. The van der Waals surface area contributed by atoms with Crippen LogP contribution >= 0.6 is 0 Å². The van der Waals surface area contributed by atoms with Crippen molar-refractivity contribution >= 4 is 12.1 Å². The van der Waals surface area contributed by atoms with E-state index in [0.29, 0.717) is 26.2 Å². The first-order valence-corrected chi connectivity index (χ1v) is 9.80. The van der Waals surface area contributed by atoms with E-state index in [1.165, 1.54) is 25.7 Å². The van der Waals surface area contributed by atoms with Crippen molar-refractivity contribution in [1.29, 1.82) is 0 Å². The number of carbonyl (C=O) groups excluding carboxylic acids is 2. The lowest BCUT2D eigenvalue weighted by atomic mass is 10.0. The van der Waals surface area contributed by atoms with E-state index in [2.05, 4.69) is 13.8 Å². The van der Waals surface area contributed by atoms with E-state index >= 15 is 0 Å². The maximum absolute atomic E-state index is 12.3. The van der Waals surface area contributed by atoms with Gasteiger partial charge in [-0.1, -0.05) is 52.4 Å². The summed E-state index contributed by atoms with van der Waals surface area (Å²) in [6.45, 7) is 5.72. The molecule has 0 aromatic rings. The van der Waals surface area contributed by atoms with Crippen LogP contribution in [0.2, 0.25) is 0 Å². The molecule has 1 unspecified atom stereocenters. The van der Waals surface area contributed by atoms with Crippen LogP contribution in [0.1, 0.15) is 84.5 Å². The van der Waals surface area contributed by atoms with E-state index in [1.807, 2.05) is 0 Å². The first-order chi connectivity index (χ1) is 11.7. The SMILES string of the molecule is CCCCCCCCOC(=O)N1CCCCC1C(=O)OCCCC. The Bertz CT molecular complexity index is 359. The number of hydrogen-bond donors (Lipinski definition) is 0. The Kier molecular flexibility index (Phi) is 11.3. The molecule has 0 aromatic carbocycles. The second kappa shape index (κ2) is 13.1. The normalized spacial score (nSPS) is 17.6. The minimum Gasteiger partial charge on any atom is -0.464 e. The van der Waals surface area contributed by atoms with Gasteiger partial charge in [-0.2, -0.15) is 0 Å². The van der Waals surface area contributed by atoms with Gasteiger partial charge in [0.15, 0.2) is 0 Å². The van der Waals surface area contributed by atoms with Gasteiger partial charge in [-0.05, 0) is 32.1 Å². The zero-order valence-corrected chi connectivity index (χ0v) is 15.6. The number of hydrogen-bond acceptors (Lipinski definition) is 4. The molecular formula is C19H35NO4. The maximum Gasteiger partial charge on any atom is 0.410 e. The summed E-state index contributed by atoms with van der Waals surface area (Å²) in [5.41, 5.74) is 0. The molecule has 5 nitrogen and oxygen atoms in total. The summed E-state index contributed by atoms with van der Waals surface area (Å²) in [4.78, 5) is 26.0. The van der Waals surface area contributed by atoms with Gasteiger partial charge in [0.25, 0.3) is 0 Å². The number of rotatable bonds is 11. The van der Waals surface area contributed by atoms with Gasteiger partial charge in [-0.25, -0.2) is 9.59 Å². The number of esters is 1. The highest BCUT2D eigenvalue weighted by atomic mass is 16.6. The predicted octanol–water partition coefficient (Wildman–Crippen LogP) is 4.68. The van der Waals surface area contributed by atoms with Crippen LogP contribution in [0.25, 0.3) is 0 Å². The van der Waals surface area contributed by atoms with Crippen LogP contribution in [-0.2, 0) is 14.3 Å². The molecule has 1 aliphatic rings. The molecule has 0 bridgehead atoms. The minimum absolute atomic E-state index is 0.278. The van der Waals surface area contributed by atoms with Crippen molar-refractivity contribution in [2.75, 3.05) is 19.8 Å².